The van der Waals surface area contributed by atoms with Gasteiger partial charge in [-0.25, -0.2) is 5.48 Å². The zero-order valence-electron chi connectivity index (χ0n) is 4.26. The summed E-state index contributed by atoms with van der Waals surface area (Å²) >= 11 is 0. The number of hydroxylamine groups is 1. The summed E-state index contributed by atoms with van der Waals surface area (Å²) in [6.07, 6.45) is 0. The van der Waals surface area contributed by atoms with Gasteiger partial charge >= 0.3 is 0 Å². The van der Waals surface area contributed by atoms with Crippen molar-refractivity contribution >= 4 is 5.91 Å². The molecular formula is C4H7NO3. The van der Waals surface area contributed by atoms with Crippen LogP contribution in [0.25, 0.3) is 0 Å². The number of aliphatic hydroxyl groups excluding tert-OH is 1. The average molecular weight is 117 g/mol. The monoisotopic (exact) mass is 117 g/mol. The first-order valence-electron chi connectivity index (χ1n) is 2.37. The Kier molecular flexibility index (Phi) is 1.45. The normalized spacial score (nSPS) is 28.1. The van der Waals surface area contributed by atoms with Crippen molar-refractivity contribution in [2.75, 3.05) is 13.2 Å². The van der Waals surface area contributed by atoms with E-state index in [4.69, 9.17) is 5.11 Å². The van der Waals surface area contributed by atoms with E-state index in [1.54, 1.807) is 0 Å². The average Bonchev–Trinajstić information content (AvgIpc) is 2.14. The molecule has 1 rings (SSSR count). The molecule has 2 N–H and O–H groups in total. The lowest BCUT2D eigenvalue weighted by atomic mass is 10.2. The van der Waals surface area contributed by atoms with E-state index >= 15 is 0 Å². The van der Waals surface area contributed by atoms with Crippen molar-refractivity contribution in [3.63, 3.8) is 0 Å². The second kappa shape index (κ2) is 2.11. The summed E-state index contributed by atoms with van der Waals surface area (Å²) < 4.78 is 0. The molecule has 1 unspecified atom stereocenters. The molecule has 1 aliphatic rings. The van der Waals surface area contributed by atoms with E-state index in [9.17, 15) is 4.79 Å². The van der Waals surface area contributed by atoms with Gasteiger partial charge in [0.1, 0.15) is 0 Å². The van der Waals surface area contributed by atoms with Crippen LogP contribution >= 0.6 is 0 Å². The van der Waals surface area contributed by atoms with Crippen LogP contribution in [-0.4, -0.2) is 24.2 Å². The Labute approximate surface area is 46.4 Å². The Morgan fingerprint density at radius 2 is 2.75 bits per heavy atom. The van der Waals surface area contributed by atoms with Gasteiger partial charge in [0.25, 0.3) is 5.91 Å². The third kappa shape index (κ3) is 0.801. The van der Waals surface area contributed by atoms with Gasteiger partial charge in [0.15, 0.2) is 0 Å². The smallest absolute Gasteiger partial charge is 0.251 e. The highest BCUT2D eigenvalue weighted by Gasteiger charge is 2.23. The number of carbonyl (C=O) groups excluding carboxylic acids is 1. The first-order valence-corrected chi connectivity index (χ1v) is 2.37. The summed E-state index contributed by atoms with van der Waals surface area (Å²) in [4.78, 5) is 14.9. The molecule has 1 amide bonds. The lowest BCUT2D eigenvalue weighted by Crippen LogP contribution is -2.21. The Morgan fingerprint density at radius 3 is 3.00 bits per heavy atom. The predicted octanol–water partition coefficient (Wildman–Crippen LogP) is -1.34. The third-order valence-corrected chi connectivity index (χ3v) is 1.05. The standard InChI is InChI=1S/C4H7NO3/c6-1-3-2-8-5-4(3)7/h3,6H,1-2H2,(H,5,7). The fourth-order valence-electron chi connectivity index (χ4n) is 0.508. The van der Waals surface area contributed by atoms with Crippen LogP contribution in [0.3, 0.4) is 0 Å². The first kappa shape index (κ1) is 5.53. The molecular weight excluding hydrogens is 110 g/mol. The summed E-state index contributed by atoms with van der Waals surface area (Å²) in [5.41, 5.74) is 2.12. The number of hydrogen-bond donors (Lipinski definition) is 2. The molecule has 0 radical (unpaired) electrons. The molecule has 46 valence electrons. The van der Waals surface area contributed by atoms with Gasteiger partial charge in [-0.2, -0.15) is 0 Å². The van der Waals surface area contributed by atoms with Crippen molar-refractivity contribution in [2.24, 2.45) is 5.92 Å². The SMILES string of the molecule is O=C1NOCC1CO. The van der Waals surface area contributed by atoms with Crippen LogP contribution in [0.15, 0.2) is 0 Å². The van der Waals surface area contributed by atoms with Gasteiger partial charge < -0.3 is 5.11 Å². The molecule has 0 bridgehead atoms. The van der Waals surface area contributed by atoms with E-state index in [2.05, 4.69) is 10.3 Å². The molecule has 4 nitrogen and oxygen atoms in total. The van der Waals surface area contributed by atoms with Crippen LogP contribution in [0.2, 0.25) is 0 Å². The largest absolute Gasteiger partial charge is 0.395 e. The number of rotatable bonds is 1. The summed E-state index contributed by atoms with van der Waals surface area (Å²) in [5, 5.41) is 8.40. The number of nitrogens with one attached hydrogen (secondary N) is 1. The maximum absolute atomic E-state index is 10.4. The van der Waals surface area contributed by atoms with Gasteiger partial charge in [0.05, 0.1) is 19.1 Å². The molecule has 8 heavy (non-hydrogen) atoms. The van der Waals surface area contributed by atoms with Gasteiger partial charge in [-0.3, -0.25) is 9.63 Å². The van der Waals surface area contributed by atoms with Crippen molar-refractivity contribution < 1.29 is 14.7 Å². The minimum absolute atomic E-state index is 0.133. The van der Waals surface area contributed by atoms with Crippen LogP contribution in [0.5, 0.6) is 0 Å². The maximum atomic E-state index is 10.4. The second-order valence-electron chi connectivity index (χ2n) is 1.66. The summed E-state index contributed by atoms with van der Waals surface area (Å²) in [6.45, 7) is 0.154. The second-order valence-corrected chi connectivity index (χ2v) is 1.66. The number of aliphatic hydroxyl groups is 1. The van der Waals surface area contributed by atoms with Gasteiger partial charge in [-0.05, 0) is 0 Å². The highest BCUT2D eigenvalue weighted by molar-refractivity contribution is 5.79. The Bertz CT molecular complexity index is 103. The lowest BCUT2D eigenvalue weighted by Gasteiger charge is -1.93. The zero-order valence-corrected chi connectivity index (χ0v) is 4.26. The van der Waals surface area contributed by atoms with Gasteiger partial charge in [0.2, 0.25) is 0 Å². The van der Waals surface area contributed by atoms with Gasteiger partial charge in [-0.15, -0.1) is 0 Å². The third-order valence-electron chi connectivity index (χ3n) is 1.05. The summed E-state index contributed by atoms with van der Waals surface area (Å²) in [7, 11) is 0. The van der Waals surface area contributed by atoms with Crippen LogP contribution in [0, 0.1) is 5.92 Å². The van der Waals surface area contributed by atoms with Crippen LogP contribution in [0.1, 0.15) is 0 Å². The molecule has 1 heterocycles. The molecule has 1 saturated heterocycles. The molecule has 0 aliphatic carbocycles. The Hall–Kier alpha value is -0.610. The fourth-order valence-corrected chi connectivity index (χ4v) is 0.508. The molecule has 0 aromatic carbocycles. The van der Waals surface area contributed by atoms with E-state index in [1.807, 2.05) is 0 Å². The van der Waals surface area contributed by atoms with Crippen molar-refractivity contribution in [3.8, 4) is 0 Å². The molecule has 1 aliphatic heterocycles. The van der Waals surface area contributed by atoms with Crippen molar-refractivity contribution in [3.05, 3.63) is 0 Å². The van der Waals surface area contributed by atoms with E-state index in [0.29, 0.717) is 0 Å². The molecule has 0 aromatic heterocycles. The van der Waals surface area contributed by atoms with E-state index in [0.717, 1.165) is 0 Å². The van der Waals surface area contributed by atoms with Crippen molar-refractivity contribution in [1.29, 1.82) is 0 Å². The molecule has 0 spiro atoms. The fraction of sp³-hybridized carbons (Fsp3) is 0.750. The Balaban J connectivity index is 2.42. The number of hydrogen-bond acceptors (Lipinski definition) is 3. The molecule has 1 atom stereocenters. The van der Waals surface area contributed by atoms with Crippen LogP contribution < -0.4 is 5.48 Å². The van der Waals surface area contributed by atoms with Crippen LogP contribution in [-0.2, 0) is 9.63 Å². The summed E-state index contributed by atoms with van der Waals surface area (Å²) in [5.74, 6) is -0.581. The van der Waals surface area contributed by atoms with Gasteiger partial charge in [0, 0.05) is 0 Å². The summed E-state index contributed by atoms with van der Waals surface area (Å²) in [6, 6.07) is 0. The quantitative estimate of drug-likeness (QED) is 0.446. The van der Waals surface area contributed by atoms with E-state index < -0.39 is 0 Å². The van der Waals surface area contributed by atoms with E-state index in [-0.39, 0.29) is 25.0 Å². The van der Waals surface area contributed by atoms with Crippen LogP contribution in [0.4, 0.5) is 0 Å². The zero-order chi connectivity index (χ0) is 5.98. The number of carbonyl (C=O) groups is 1. The van der Waals surface area contributed by atoms with Crippen molar-refractivity contribution in [2.45, 2.75) is 0 Å². The number of amides is 1. The topological polar surface area (TPSA) is 58.6 Å². The Morgan fingerprint density at radius 1 is 2.00 bits per heavy atom. The van der Waals surface area contributed by atoms with E-state index in [1.165, 1.54) is 0 Å². The first-order chi connectivity index (χ1) is 3.84. The molecule has 1 fully saturated rings. The predicted molar refractivity (Wildman–Crippen MR) is 24.7 cm³/mol. The lowest BCUT2D eigenvalue weighted by molar-refractivity contribution is -0.126. The molecule has 4 heteroatoms. The highest BCUT2D eigenvalue weighted by atomic mass is 16.7. The molecule has 0 aromatic rings. The minimum Gasteiger partial charge on any atom is -0.395 e. The maximum Gasteiger partial charge on any atom is 0.251 e. The minimum atomic E-state index is -0.352. The molecule has 0 saturated carbocycles. The highest BCUT2D eigenvalue weighted by Crippen LogP contribution is 2.01. The van der Waals surface area contributed by atoms with Crippen molar-refractivity contribution in [1.82, 2.24) is 5.48 Å². The van der Waals surface area contributed by atoms with Gasteiger partial charge in [-0.1, -0.05) is 0 Å².